The van der Waals surface area contributed by atoms with Gasteiger partial charge in [0.25, 0.3) is 0 Å². The van der Waals surface area contributed by atoms with Crippen LogP contribution in [0.25, 0.3) is 0 Å². The Morgan fingerprint density at radius 2 is 1.81 bits per heavy atom. The summed E-state index contributed by atoms with van der Waals surface area (Å²) in [5.41, 5.74) is 1.43. The summed E-state index contributed by atoms with van der Waals surface area (Å²) >= 11 is 0. The normalized spacial score (nSPS) is 26.0. The Balaban J connectivity index is 1.84. The van der Waals surface area contributed by atoms with E-state index in [4.69, 9.17) is 9.47 Å². The molecule has 21 heavy (non-hydrogen) atoms. The molecule has 2 unspecified atom stereocenters. The summed E-state index contributed by atoms with van der Waals surface area (Å²) < 4.78 is 11.6. The van der Waals surface area contributed by atoms with Crippen molar-refractivity contribution in [3.63, 3.8) is 0 Å². The third-order valence-corrected chi connectivity index (χ3v) is 4.83. The van der Waals surface area contributed by atoms with Gasteiger partial charge >= 0.3 is 0 Å². The smallest absolute Gasteiger partial charge is 0.161 e. The van der Waals surface area contributed by atoms with Crippen LogP contribution in [0.15, 0.2) is 18.2 Å². The van der Waals surface area contributed by atoms with Crippen LogP contribution in [0.2, 0.25) is 0 Å². The van der Waals surface area contributed by atoms with Gasteiger partial charge in [0.2, 0.25) is 0 Å². The molecule has 3 nitrogen and oxygen atoms in total. The van der Waals surface area contributed by atoms with Gasteiger partial charge in [-0.05, 0) is 56.0 Å². The van der Waals surface area contributed by atoms with Gasteiger partial charge in [-0.3, -0.25) is 0 Å². The summed E-state index contributed by atoms with van der Waals surface area (Å²) in [6.45, 7) is 2.64. The Morgan fingerprint density at radius 1 is 1.00 bits per heavy atom. The van der Waals surface area contributed by atoms with Crippen molar-refractivity contribution < 1.29 is 9.47 Å². The SMILES string of the molecule is CNCC1CCCCCC1c1ccc2c(c1)OCCCO2. The van der Waals surface area contributed by atoms with Crippen LogP contribution in [0, 0.1) is 5.92 Å². The molecule has 2 aliphatic rings. The molecule has 0 radical (unpaired) electrons. The zero-order valence-corrected chi connectivity index (χ0v) is 13.1. The van der Waals surface area contributed by atoms with Crippen LogP contribution < -0.4 is 14.8 Å². The van der Waals surface area contributed by atoms with Gasteiger partial charge in [-0.1, -0.05) is 25.3 Å². The van der Waals surface area contributed by atoms with Gasteiger partial charge in [0.15, 0.2) is 11.5 Å². The lowest BCUT2D eigenvalue weighted by Gasteiger charge is -2.26. The van der Waals surface area contributed by atoms with E-state index in [9.17, 15) is 0 Å². The van der Waals surface area contributed by atoms with Crippen LogP contribution in [-0.2, 0) is 0 Å². The molecule has 0 amide bonds. The van der Waals surface area contributed by atoms with E-state index < -0.39 is 0 Å². The number of fused-ring (bicyclic) bond motifs is 1. The van der Waals surface area contributed by atoms with E-state index in [1.807, 2.05) is 0 Å². The number of hydrogen-bond donors (Lipinski definition) is 1. The van der Waals surface area contributed by atoms with E-state index in [1.54, 1.807) is 0 Å². The van der Waals surface area contributed by atoms with Crippen LogP contribution >= 0.6 is 0 Å². The molecular formula is C18H27NO2. The van der Waals surface area contributed by atoms with Crippen LogP contribution in [-0.4, -0.2) is 26.8 Å². The van der Waals surface area contributed by atoms with Gasteiger partial charge in [0, 0.05) is 6.42 Å². The number of hydrogen-bond acceptors (Lipinski definition) is 3. The van der Waals surface area contributed by atoms with E-state index in [2.05, 4.69) is 30.6 Å². The number of rotatable bonds is 3. The summed E-state index contributed by atoms with van der Waals surface area (Å²) in [6.07, 6.45) is 7.69. The fourth-order valence-electron chi connectivity index (χ4n) is 3.74. The molecule has 3 heteroatoms. The van der Waals surface area contributed by atoms with Gasteiger partial charge in [0.05, 0.1) is 13.2 Å². The minimum atomic E-state index is 0.650. The monoisotopic (exact) mass is 289 g/mol. The van der Waals surface area contributed by atoms with E-state index >= 15 is 0 Å². The Bertz CT molecular complexity index is 461. The summed E-state index contributed by atoms with van der Waals surface area (Å²) in [5, 5.41) is 3.38. The third-order valence-electron chi connectivity index (χ3n) is 4.83. The molecule has 1 N–H and O–H groups in total. The molecule has 1 saturated carbocycles. The average Bonchev–Trinajstić information content (AvgIpc) is 2.87. The Hall–Kier alpha value is -1.22. The first-order chi connectivity index (χ1) is 10.4. The summed E-state index contributed by atoms with van der Waals surface area (Å²) in [5.74, 6) is 3.24. The molecule has 1 aliphatic carbocycles. The minimum absolute atomic E-state index is 0.650. The third kappa shape index (κ3) is 3.52. The molecule has 1 fully saturated rings. The van der Waals surface area contributed by atoms with Gasteiger partial charge in [-0.2, -0.15) is 0 Å². The molecule has 1 aromatic carbocycles. The summed E-state index contributed by atoms with van der Waals surface area (Å²) in [4.78, 5) is 0. The highest BCUT2D eigenvalue weighted by atomic mass is 16.5. The highest BCUT2D eigenvalue weighted by molar-refractivity contribution is 5.44. The topological polar surface area (TPSA) is 30.5 Å². The van der Waals surface area contributed by atoms with Gasteiger partial charge < -0.3 is 14.8 Å². The Morgan fingerprint density at radius 3 is 2.67 bits per heavy atom. The zero-order valence-electron chi connectivity index (χ0n) is 13.1. The largest absolute Gasteiger partial charge is 0.490 e. The van der Waals surface area contributed by atoms with Crippen molar-refractivity contribution in [3.8, 4) is 11.5 Å². The van der Waals surface area contributed by atoms with Crippen molar-refractivity contribution >= 4 is 0 Å². The van der Waals surface area contributed by atoms with Crippen molar-refractivity contribution in [1.82, 2.24) is 5.32 Å². The minimum Gasteiger partial charge on any atom is -0.490 e. The van der Waals surface area contributed by atoms with Crippen LogP contribution in [0.4, 0.5) is 0 Å². The highest BCUT2D eigenvalue weighted by Crippen LogP contribution is 2.40. The zero-order chi connectivity index (χ0) is 14.5. The Labute approximate surface area is 128 Å². The van der Waals surface area contributed by atoms with Crippen molar-refractivity contribution in [2.75, 3.05) is 26.8 Å². The lowest BCUT2D eigenvalue weighted by Crippen LogP contribution is -2.24. The van der Waals surface area contributed by atoms with E-state index in [1.165, 1.54) is 37.7 Å². The maximum absolute atomic E-state index is 5.87. The molecule has 1 aromatic rings. The van der Waals surface area contributed by atoms with E-state index in [0.29, 0.717) is 5.92 Å². The van der Waals surface area contributed by atoms with Crippen LogP contribution in [0.3, 0.4) is 0 Å². The molecule has 0 bridgehead atoms. The number of nitrogens with one attached hydrogen (secondary N) is 1. The standard InChI is InChI=1S/C18H27NO2/c1-19-13-15-6-3-2-4-7-16(15)14-8-9-17-18(12-14)21-11-5-10-20-17/h8-9,12,15-16,19H,2-7,10-11,13H2,1H3. The predicted octanol–water partition coefficient (Wildman–Crippen LogP) is 3.73. The first-order valence-corrected chi connectivity index (χ1v) is 8.42. The molecule has 116 valence electrons. The maximum Gasteiger partial charge on any atom is 0.161 e. The van der Waals surface area contributed by atoms with Crippen molar-refractivity contribution in [3.05, 3.63) is 23.8 Å². The first kappa shape index (κ1) is 14.7. The first-order valence-electron chi connectivity index (χ1n) is 8.42. The average molecular weight is 289 g/mol. The second-order valence-electron chi connectivity index (χ2n) is 6.32. The van der Waals surface area contributed by atoms with Gasteiger partial charge in [-0.25, -0.2) is 0 Å². The van der Waals surface area contributed by atoms with Gasteiger partial charge in [-0.15, -0.1) is 0 Å². The lowest BCUT2D eigenvalue weighted by atomic mass is 9.82. The predicted molar refractivity (Wildman–Crippen MR) is 85.3 cm³/mol. The fourth-order valence-corrected chi connectivity index (χ4v) is 3.74. The second kappa shape index (κ2) is 7.17. The lowest BCUT2D eigenvalue weighted by molar-refractivity contribution is 0.296. The summed E-state index contributed by atoms with van der Waals surface area (Å²) in [7, 11) is 2.07. The quantitative estimate of drug-likeness (QED) is 0.860. The van der Waals surface area contributed by atoms with Crippen molar-refractivity contribution in [2.45, 2.75) is 44.4 Å². The number of ether oxygens (including phenoxy) is 2. The molecule has 3 rings (SSSR count). The fraction of sp³-hybridized carbons (Fsp3) is 0.667. The maximum atomic E-state index is 5.87. The second-order valence-corrected chi connectivity index (χ2v) is 6.32. The van der Waals surface area contributed by atoms with Crippen LogP contribution in [0.5, 0.6) is 11.5 Å². The van der Waals surface area contributed by atoms with E-state index in [0.717, 1.165) is 43.6 Å². The molecule has 0 spiro atoms. The van der Waals surface area contributed by atoms with Crippen molar-refractivity contribution in [1.29, 1.82) is 0 Å². The molecule has 1 aliphatic heterocycles. The molecule has 0 aromatic heterocycles. The molecule has 2 atom stereocenters. The molecular weight excluding hydrogens is 262 g/mol. The van der Waals surface area contributed by atoms with Gasteiger partial charge in [0.1, 0.15) is 0 Å². The molecule has 1 heterocycles. The molecule has 0 saturated heterocycles. The van der Waals surface area contributed by atoms with Crippen molar-refractivity contribution in [2.24, 2.45) is 5.92 Å². The van der Waals surface area contributed by atoms with E-state index in [-0.39, 0.29) is 0 Å². The Kier molecular flexibility index (Phi) is 5.02. The van der Waals surface area contributed by atoms with Crippen LogP contribution in [0.1, 0.15) is 50.0 Å². The highest BCUT2D eigenvalue weighted by Gasteiger charge is 2.25. The number of benzene rings is 1. The summed E-state index contributed by atoms with van der Waals surface area (Å²) in [6, 6.07) is 6.60.